The van der Waals surface area contributed by atoms with Gasteiger partial charge in [-0.3, -0.25) is 4.90 Å². The fourth-order valence-corrected chi connectivity index (χ4v) is 2.91. The molecule has 1 unspecified atom stereocenters. The van der Waals surface area contributed by atoms with Crippen molar-refractivity contribution in [3.63, 3.8) is 0 Å². The predicted molar refractivity (Wildman–Crippen MR) is 74.4 cm³/mol. The van der Waals surface area contributed by atoms with Crippen LogP contribution in [0, 0.1) is 0 Å². The molecule has 19 heavy (non-hydrogen) atoms. The Morgan fingerprint density at radius 1 is 1.42 bits per heavy atom. The molecular weight excluding hydrogens is 240 g/mol. The molecule has 1 aliphatic heterocycles. The molecular formula is C14H22N4O. The quantitative estimate of drug-likeness (QED) is 0.880. The van der Waals surface area contributed by atoms with E-state index in [1.165, 1.54) is 17.7 Å². The van der Waals surface area contributed by atoms with Gasteiger partial charge in [0.15, 0.2) is 0 Å². The lowest BCUT2D eigenvalue weighted by Crippen LogP contribution is -2.45. The van der Waals surface area contributed by atoms with Crippen molar-refractivity contribution in [1.82, 2.24) is 14.9 Å². The number of morpholine rings is 1. The average molecular weight is 262 g/mol. The Bertz CT molecular complexity index is 437. The summed E-state index contributed by atoms with van der Waals surface area (Å²) in [5, 5.41) is 3.46. The first-order valence-corrected chi connectivity index (χ1v) is 7.27. The first-order valence-electron chi connectivity index (χ1n) is 7.27. The first kappa shape index (κ1) is 12.8. The van der Waals surface area contributed by atoms with Crippen molar-refractivity contribution in [3.8, 4) is 0 Å². The molecule has 0 spiro atoms. The molecule has 104 valence electrons. The number of aryl methyl sites for hydroxylation is 1. The number of aromatic nitrogens is 2. The lowest BCUT2D eigenvalue weighted by Gasteiger charge is -2.32. The van der Waals surface area contributed by atoms with Gasteiger partial charge in [0.2, 0.25) is 0 Å². The van der Waals surface area contributed by atoms with Crippen molar-refractivity contribution in [2.75, 3.05) is 38.1 Å². The molecule has 1 fully saturated rings. The van der Waals surface area contributed by atoms with E-state index in [0.29, 0.717) is 0 Å². The van der Waals surface area contributed by atoms with Crippen LogP contribution in [0.1, 0.15) is 24.6 Å². The molecule has 2 heterocycles. The van der Waals surface area contributed by atoms with E-state index in [1.54, 1.807) is 6.33 Å². The zero-order chi connectivity index (χ0) is 13.1. The minimum Gasteiger partial charge on any atom is -0.374 e. The van der Waals surface area contributed by atoms with Gasteiger partial charge < -0.3 is 10.1 Å². The van der Waals surface area contributed by atoms with Crippen LogP contribution in [-0.4, -0.2) is 53.8 Å². The molecule has 1 aliphatic carbocycles. The average Bonchev–Trinajstić information content (AvgIpc) is 2.94. The molecule has 5 heteroatoms. The van der Waals surface area contributed by atoms with E-state index in [9.17, 15) is 0 Å². The number of likely N-dealkylation sites (N-methyl/N-ethyl adjacent to an activating group) is 1. The van der Waals surface area contributed by atoms with Crippen molar-refractivity contribution >= 4 is 5.82 Å². The third kappa shape index (κ3) is 2.87. The van der Waals surface area contributed by atoms with Gasteiger partial charge in [0, 0.05) is 30.9 Å². The first-order chi connectivity index (χ1) is 9.36. The van der Waals surface area contributed by atoms with Gasteiger partial charge in [-0.25, -0.2) is 9.97 Å². The number of rotatable bonds is 4. The molecule has 0 radical (unpaired) electrons. The Kier molecular flexibility index (Phi) is 3.94. The van der Waals surface area contributed by atoms with Gasteiger partial charge >= 0.3 is 0 Å². The summed E-state index contributed by atoms with van der Waals surface area (Å²) in [5.74, 6) is 1.01. The van der Waals surface area contributed by atoms with Crippen molar-refractivity contribution < 1.29 is 4.74 Å². The highest BCUT2D eigenvalue weighted by molar-refractivity contribution is 5.47. The summed E-state index contributed by atoms with van der Waals surface area (Å²) in [7, 11) is 0. The van der Waals surface area contributed by atoms with Gasteiger partial charge in [0.1, 0.15) is 12.1 Å². The van der Waals surface area contributed by atoms with Gasteiger partial charge in [-0.2, -0.15) is 0 Å². The molecule has 1 saturated heterocycles. The van der Waals surface area contributed by atoms with E-state index >= 15 is 0 Å². The number of anilines is 1. The van der Waals surface area contributed by atoms with Crippen LogP contribution < -0.4 is 5.32 Å². The third-order valence-corrected chi connectivity index (χ3v) is 4.04. The summed E-state index contributed by atoms with van der Waals surface area (Å²) >= 11 is 0. The zero-order valence-electron chi connectivity index (χ0n) is 11.6. The summed E-state index contributed by atoms with van der Waals surface area (Å²) in [6.07, 6.45) is 5.33. The summed E-state index contributed by atoms with van der Waals surface area (Å²) in [4.78, 5) is 11.2. The maximum absolute atomic E-state index is 5.80. The van der Waals surface area contributed by atoms with Crippen LogP contribution in [-0.2, 0) is 17.6 Å². The Hall–Kier alpha value is -1.20. The molecule has 2 aliphatic rings. The summed E-state index contributed by atoms with van der Waals surface area (Å²) in [6.45, 7) is 7.03. The second-order valence-corrected chi connectivity index (χ2v) is 5.27. The molecule has 1 atom stereocenters. The molecule has 0 amide bonds. The largest absolute Gasteiger partial charge is 0.374 e. The summed E-state index contributed by atoms with van der Waals surface area (Å²) in [5.41, 5.74) is 2.53. The van der Waals surface area contributed by atoms with Gasteiger partial charge in [-0.05, 0) is 25.8 Å². The fourth-order valence-electron chi connectivity index (χ4n) is 2.91. The predicted octanol–water partition coefficient (Wildman–Crippen LogP) is 1.10. The molecule has 3 rings (SSSR count). The van der Waals surface area contributed by atoms with Crippen molar-refractivity contribution in [1.29, 1.82) is 0 Å². The molecule has 0 aromatic carbocycles. The Labute approximate surface area is 114 Å². The Balaban J connectivity index is 1.59. The van der Waals surface area contributed by atoms with Crippen LogP contribution in [0.2, 0.25) is 0 Å². The van der Waals surface area contributed by atoms with E-state index < -0.39 is 0 Å². The SMILES string of the molecule is CCN1CCOC(CNc2ncnc3c2CCC3)C1. The third-order valence-electron chi connectivity index (χ3n) is 4.04. The van der Waals surface area contributed by atoms with Gasteiger partial charge in [-0.1, -0.05) is 6.92 Å². The van der Waals surface area contributed by atoms with Crippen molar-refractivity contribution in [2.45, 2.75) is 32.3 Å². The molecule has 5 nitrogen and oxygen atoms in total. The van der Waals surface area contributed by atoms with Crippen LogP contribution >= 0.6 is 0 Å². The summed E-state index contributed by atoms with van der Waals surface area (Å²) in [6, 6.07) is 0. The number of nitrogens with zero attached hydrogens (tertiary/aromatic N) is 3. The van der Waals surface area contributed by atoms with E-state index in [4.69, 9.17) is 4.74 Å². The van der Waals surface area contributed by atoms with Crippen LogP contribution in [0.5, 0.6) is 0 Å². The van der Waals surface area contributed by atoms with Crippen LogP contribution in [0.3, 0.4) is 0 Å². The molecule has 1 aromatic heterocycles. The maximum Gasteiger partial charge on any atom is 0.132 e. The maximum atomic E-state index is 5.80. The minimum atomic E-state index is 0.265. The summed E-state index contributed by atoms with van der Waals surface area (Å²) < 4.78 is 5.80. The van der Waals surface area contributed by atoms with E-state index in [0.717, 1.165) is 51.4 Å². The number of hydrogen-bond donors (Lipinski definition) is 1. The monoisotopic (exact) mass is 262 g/mol. The molecule has 0 bridgehead atoms. The normalized spacial score (nSPS) is 23.3. The number of fused-ring (bicyclic) bond motifs is 1. The fraction of sp³-hybridized carbons (Fsp3) is 0.714. The highest BCUT2D eigenvalue weighted by Crippen LogP contribution is 2.25. The molecule has 0 saturated carbocycles. The topological polar surface area (TPSA) is 50.3 Å². The van der Waals surface area contributed by atoms with Crippen LogP contribution in [0.25, 0.3) is 0 Å². The number of nitrogens with one attached hydrogen (secondary N) is 1. The number of ether oxygens (including phenoxy) is 1. The standard InChI is InChI=1S/C14H22N4O/c1-2-18-6-7-19-11(9-18)8-15-14-12-4-3-5-13(12)16-10-17-14/h10-11H,2-9H2,1H3,(H,15,16,17). The highest BCUT2D eigenvalue weighted by atomic mass is 16.5. The van der Waals surface area contributed by atoms with Gasteiger partial charge in [0.05, 0.1) is 12.7 Å². The second kappa shape index (κ2) is 5.84. The Morgan fingerprint density at radius 3 is 3.26 bits per heavy atom. The highest BCUT2D eigenvalue weighted by Gasteiger charge is 2.21. The van der Waals surface area contributed by atoms with Gasteiger partial charge in [0.25, 0.3) is 0 Å². The minimum absolute atomic E-state index is 0.265. The lowest BCUT2D eigenvalue weighted by molar-refractivity contribution is -0.0192. The van der Waals surface area contributed by atoms with Crippen molar-refractivity contribution in [3.05, 3.63) is 17.6 Å². The van der Waals surface area contributed by atoms with Gasteiger partial charge in [-0.15, -0.1) is 0 Å². The smallest absolute Gasteiger partial charge is 0.132 e. The van der Waals surface area contributed by atoms with Crippen molar-refractivity contribution in [2.24, 2.45) is 0 Å². The molecule has 1 aromatic rings. The second-order valence-electron chi connectivity index (χ2n) is 5.27. The zero-order valence-corrected chi connectivity index (χ0v) is 11.6. The number of hydrogen-bond acceptors (Lipinski definition) is 5. The van der Waals surface area contributed by atoms with Crippen LogP contribution in [0.15, 0.2) is 6.33 Å². The lowest BCUT2D eigenvalue weighted by atomic mass is 10.2. The van der Waals surface area contributed by atoms with E-state index in [-0.39, 0.29) is 6.10 Å². The van der Waals surface area contributed by atoms with E-state index in [2.05, 4.69) is 27.1 Å². The van der Waals surface area contributed by atoms with E-state index in [1.807, 2.05) is 0 Å². The van der Waals surface area contributed by atoms with Crippen LogP contribution in [0.4, 0.5) is 5.82 Å². The Morgan fingerprint density at radius 2 is 2.37 bits per heavy atom. The molecule has 1 N–H and O–H groups in total.